The van der Waals surface area contributed by atoms with Gasteiger partial charge in [0.2, 0.25) is 17.8 Å². The van der Waals surface area contributed by atoms with Gasteiger partial charge in [0.05, 0.1) is 12.8 Å². The predicted octanol–water partition coefficient (Wildman–Crippen LogP) is 3.30. The van der Waals surface area contributed by atoms with E-state index in [9.17, 15) is 0 Å². The number of nitrogen functional groups attached to an aromatic ring is 2. The lowest BCUT2D eigenvalue weighted by Gasteiger charge is -2.33. The van der Waals surface area contributed by atoms with Crippen LogP contribution in [-0.2, 0) is 6.42 Å². The van der Waals surface area contributed by atoms with Crippen molar-refractivity contribution in [3.8, 4) is 17.0 Å². The molecule has 4 aromatic rings. The summed E-state index contributed by atoms with van der Waals surface area (Å²) in [5.41, 5.74) is 14.5. The number of hydrogen-bond donors (Lipinski definition) is 3. The van der Waals surface area contributed by atoms with E-state index >= 15 is 0 Å². The molecule has 3 heterocycles. The summed E-state index contributed by atoms with van der Waals surface area (Å²) < 4.78 is 5.50. The number of benzene rings is 2. The summed E-state index contributed by atoms with van der Waals surface area (Å²) >= 11 is 0. The van der Waals surface area contributed by atoms with Crippen LogP contribution >= 0.6 is 0 Å². The lowest BCUT2D eigenvalue weighted by molar-refractivity contribution is 0.415. The number of ether oxygens (including phenoxy) is 1. The van der Waals surface area contributed by atoms with Crippen LogP contribution in [0.1, 0.15) is 25.6 Å². The van der Waals surface area contributed by atoms with E-state index in [2.05, 4.69) is 61.3 Å². The first-order valence-electron chi connectivity index (χ1n) is 11.7. The summed E-state index contributed by atoms with van der Waals surface area (Å²) in [6.45, 7) is 3.63. The highest BCUT2D eigenvalue weighted by Gasteiger charge is 2.22. The lowest BCUT2D eigenvalue weighted by Crippen LogP contribution is -2.40. The third-order valence-corrected chi connectivity index (χ3v) is 6.27. The highest BCUT2D eigenvalue weighted by molar-refractivity contribution is 5.98. The fourth-order valence-corrected chi connectivity index (χ4v) is 4.44. The fourth-order valence-electron chi connectivity index (χ4n) is 4.44. The first-order valence-corrected chi connectivity index (χ1v) is 11.7. The van der Waals surface area contributed by atoms with E-state index < -0.39 is 0 Å². The second-order valence-corrected chi connectivity index (χ2v) is 8.58. The molecule has 180 valence electrons. The minimum Gasteiger partial charge on any atom is -0.497 e. The molecular formula is C25H29N9O. The Morgan fingerprint density at radius 3 is 2.49 bits per heavy atom. The number of fused-ring (bicyclic) bond motifs is 1. The number of rotatable bonds is 6. The van der Waals surface area contributed by atoms with Crippen LogP contribution in [0.2, 0.25) is 0 Å². The highest BCUT2D eigenvalue weighted by atomic mass is 16.5. The molecule has 0 radical (unpaired) electrons. The monoisotopic (exact) mass is 471 g/mol. The topological polar surface area (TPSA) is 141 Å². The van der Waals surface area contributed by atoms with E-state index in [4.69, 9.17) is 21.2 Å². The number of nitrogens with two attached hydrogens (primary N) is 2. The van der Waals surface area contributed by atoms with Gasteiger partial charge in [-0.1, -0.05) is 13.0 Å². The number of aromatic nitrogens is 5. The van der Waals surface area contributed by atoms with E-state index in [1.165, 1.54) is 0 Å². The molecule has 0 bridgehead atoms. The molecule has 2 aromatic carbocycles. The van der Waals surface area contributed by atoms with Crippen LogP contribution in [0.4, 0.5) is 23.5 Å². The van der Waals surface area contributed by atoms with E-state index in [1.807, 2.05) is 18.3 Å². The molecule has 0 atom stereocenters. The highest BCUT2D eigenvalue weighted by Crippen LogP contribution is 2.34. The second-order valence-electron chi connectivity index (χ2n) is 8.58. The Morgan fingerprint density at radius 1 is 1.00 bits per heavy atom. The third kappa shape index (κ3) is 4.86. The maximum atomic E-state index is 5.75. The van der Waals surface area contributed by atoms with Gasteiger partial charge in [-0.2, -0.15) is 15.0 Å². The van der Waals surface area contributed by atoms with Gasteiger partial charge >= 0.3 is 0 Å². The van der Waals surface area contributed by atoms with Crippen LogP contribution in [0.25, 0.3) is 22.0 Å². The molecule has 2 aromatic heterocycles. The maximum absolute atomic E-state index is 5.75. The Morgan fingerprint density at radius 2 is 1.77 bits per heavy atom. The van der Waals surface area contributed by atoms with Crippen LogP contribution in [0.5, 0.6) is 5.75 Å². The molecular weight excluding hydrogens is 442 g/mol. The molecule has 1 aliphatic heterocycles. The van der Waals surface area contributed by atoms with Crippen molar-refractivity contribution in [1.82, 2.24) is 24.9 Å². The number of nitrogens with zero attached hydrogens (tertiary/aromatic N) is 6. The fraction of sp³-hybridized carbons (Fsp3) is 0.320. The average molecular weight is 472 g/mol. The SMILES string of the molecule is CCc1nccc(-c2cc(NC3CCN(c4nc(N)nc(N)n4)CC3)c3cc(OC)ccc3c2)n1. The van der Waals surface area contributed by atoms with E-state index in [1.54, 1.807) is 7.11 Å². The van der Waals surface area contributed by atoms with Crippen LogP contribution < -0.4 is 26.4 Å². The summed E-state index contributed by atoms with van der Waals surface area (Å²) in [6, 6.07) is 12.7. The summed E-state index contributed by atoms with van der Waals surface area (Å²) in [7, 11) is 1.69. The zero-order valence-corrected chi connectivity index (χ0v) is 19.9. The number of aryl methyl sites for hydroxylation is 1. The van der Waals surface area contributed by atoms with Crippen molar-refractivity contribution in [2.45, 2.75) is 32.2 Å². The third-order valence-electron chi connectivity index (χ3n) is 6.27. The Bertz CT molecular complexity index is 1330. The molecule has 0 saturated carbocycles. The number of piperidine rings is 1. The van der Waals surface area contributed by atoms with Crippen LogP contribution in [-0.4, -0.2) is 51.2 Å². The van der Waals surface area contributed by atoms with Crippen molar-refractivity contribution >= 4 is 34.3 Å². The lowest BCUT2D eigenvalue weighted by atomic mass is 10.00. The largest absolute Gasteiger partial charge is 0.497 e. The van der Waals surface area contributed by atoms with Gasteiger partial charge in [0.1, 0.15) is 11.6 Å². The molecule has 5 rings (SSSR count). The molecule has 35 heavy (non-hydrogen) atoms. The van der Waals surface area contributed by atoms with Gasteiger partial charge in [-0.3, -0.25) is 0 Å². The van der Waals surface area contributed by atoms with Gasteiger partial charge in [-0.15, -0.1) is 0 Å². The van der Waals surface area contributed by atoms with Gasteiger partial charge in [0.15, 0.2) is 0 Å². The van der Waals surface area contributed by atoms with Crippen molar-refractivity contribution in [1.29, 1.82) is 0 Å². The number of anilines is 4. The summed E-state index contributed by atoms with van der Waals surface area (Å²) in [5.74, 6) is 2.46. The van der Waals surface area contributed by atoms with Gasteiger partial charge in [-0.25, -0.2) is 9.97 Å². The van der Waals surface area contributed by atoms with Crippen LogP contribution in [0.3, 0.4) is 0 Å². The molecule has 10 nitrogen and oxygen atoms in total. The molecule has 10 heteroatoms. The zero-order valence-electron chi connectivity index (χ0n) is 19.9. The number of methoxy groups -OCH3 is 1. The van der Waals surface area contributed by atoms with E-state index in [0.717, 1.165) is 71.6 Å². The smallest absolute Gasteiger partial charge is 0.231 e. The maximum Gasteiger partial charge on any atom is 0.231 e. The summed E-state index contributed by atoms with van der Waals surface area (Å²) in [6.07, 6.45) is 4.44. The summed E-state index contributed by atoms with van der Waals surface area (Å²) in [5, 5.41) is 6.01. The molecule has 0 amide bonds. The van der Waals surface area contributed by atoms with Crippen LogP contribution in [0, 0.1) is 0 Å². The molecule has 1 aliphatic rings. The Labute approximate surface area is 203 Å². The van der Waals surface area contributed by atoms with Crippen molar-refractivity contribution < 1.29 is 4.74 Å². The van der Waals surface area contributed by atoms with Gasteiger partial charge in [0.25, 0.3) is 0 Å². The van der Waals surface area contributed by atoms with Gasteiger partial charge in [0, 0.05) is 48.4 Å². The van der Waals surface area contributed by atoms with Crippen LogP contribution in [0.15, 0.2) is 42.6 Å². The molecule has 1 saturated heterocycles. The summed E-state index contributed by atoms with van der Waals surface area (Å²) in [4.78, 5) is 23.5. The molecule has 0 aliphatic carbocycles. The van der Waals surface area contributed by atoms with E-state index in [0.29, 0.717) is 5.95 Å². The molecule has 0 unspecified atom stereocenters. The minimum atomic E-state index is 0.140. The predicted molar refractivity (Wildman–Crippen MR) is 138 cm³/mol. The Hall–Kier alpha value is -4.21. The zero-order chi connectivity index (χ0) is 24.4. The van der Waals surface area contributed by atoms with E-state index in [-0.39, 0.29) is 17.9 Å². The number of nitrogens with one attached hydrogen (secondary N) is 1. The first-order chi connectivity index (χ1) is 17.0. The second kappa shape index (κ2) is 9.57. The van der Waals surface area contributed by atoms with Crippen molar-refractivity contribution in [2.75, 3.05) is 41.9 Å². The Kier molecular flexibility index (Phi) is 6.17. The number of hydrogen-bond acceptors (Lipinski definition) is 10. The van der Waals surface area contributed by atoms with Gasteiger partial charge < -0.3 is 26.4 Å². The molecule has 1 fully saturated rings. The van der Waals surface area contributed by atoms with Crippen molar-refractivity contribution in [3.63, 3.8) is 0 Å². The van der Waals surface area contributed by atoms with Crippen molar-refractivity contribution in [3.05, 3.63) is 48.4 Å². The minimum absolute atomic E-state index is 0.140. The Balaban J connectivity index is 1.42. The first kappa shape index (κ1) is 22.6. The van der Waals surface area contributed by atoms with Gasteiger partial charge in [-0.05, 0) is 48.6 Å². The molecule has 0 spiro atoms. The standard InChI is InChI=1S/C25H29N9O/c1-3-22-28-9-6-20(30-22)16-12-15-4-5-18(35-2)14-19(15)21(13-16)29-17-7-10-34(11-8-17)25-32-23(26)31-24(27)33-25/h4-6,9,12-14,17,29H,3,7-8,10-11H2,1-2H3,(H4,26,27,31,32,33). The molecule has 5 N–H and O–H groups in total. The quantitative estimate of drug-likeness (QED) is 0.383. The normalized spacial score (nSPS) is 14.3. The average Bonchev–Trinajstić information content (AvgIpc) is 2.88. The van der Waals surface area contributed by atoms with Crippen molar-refractivity contribution in [2.24, 2.45) is 0 Å².